The molecule has 0 fully saturated rings. The van der Waals surface area contributed by atoms with E-state index in [-0.39, 0.29) is 0 Å². The molecule has 3 heteroatoms. The minimum Gasteiger partial charge on any atom is -0.185 e. The van der Waals surface area contributed by atoms with Crippen LogP contribution in [0.3, 0.4) is 0 Å². The molecule has 0 aliphatic heterocycles. The van der Waals surface area contributed by atoms with Gasteiger partial charge in [-0.3, -0.25) is 0 Å². The number of rotatable bonds is 1. The Morgan fingerprint density at radius 1 is 0.833 bits per heavy atom. The Bertz CT molecular complexity index is 1230. The van der Waals surface area contributed by atoms with E-state index in [1.165, 1.54) is 47.2 Å². The Balaban J connectivity index is 1.82. The van der Waals surface area contributed by atoms with Gasteiger partial charge in [-0.1, -0.05) is 41.7 Å². The molecule has 3 aromatic heterocycles. The molecule has 5 rings (SSSR count). The zero-order valence-corrected chi connectivity index (χ0v) is 15.2. The molecule has 24 heavy (non-hydrogen) atoms. The second-order valence-electron chi connectivity index (χ2n) is 6.18. The number of hydrogen-bond acceptors (Lipinski definition) is 2. The van der Waals surface area contributed by atoms with Crippen molar-refractivity contribution in [3.8, 4) is 11.3 Å². The van der Waals surface area contributed by atoms with Crippen LogP contribution in [0.4, 0.5) is 0 Å². The third kappa shape index (κ3) is 1.89. The predicted octanol–water partition coefficient (Wildman–Crippen LogP) is 6.07. The molecule has 0 N–H and O–H groups in total. The fourth-order valence-electron chi connectivity index (χ4n) is 3.60. The van der Waals surface area contributed by atoms with E-state index in [9.17, 15) is 0 Å². The van der Waals surface area contributed by atoms with Gasteiger partial charge in [0.25, 0.3) is 4.83 Å². The van der Waals surface area contributed by atoms with Crippen molar-refractivity contribution < 1.29 is 4.57 Å². The lowest BCUT2D eigenvalue weighted by molar-refractivity contribution is -0.631. The Kier molecular flexibility index (Phi) is 3.02. The van der Waals surface area contributed by atoms with Crippen molar-refractivity contribution in [2.24, 2.45) is 7.05 Å². The van der Waals surface area contributed by atoms with E-state index in [0.29, 0.717) is 0 Å². The van der Waals surface area contributed by atoms with Crippen LogP contribution in [0.1, 0.15) is 5.56 Å². The van der Waals surface area contributed by atoms with Gasteiger partial charge >= 0.3 is 0 Å². The Morgan fingerprint density at radius 2 is 1.71 bits per heavy atom. The van der Waals surface area contributed by atoms with Gasteiger partial charge in [0.1, 0.15) is 7.05 Å². The SMILES string of the molecule is Cc1c(-c2ccc3c4ccsc4sc3[n+]2C)ccc2ccccc12. The van der Waals surface area contributed by atoms with Crippen LogP contribution in [-0.4, -0.2) is 0 Å². The molecular formula is C21H16NS2+. The molecule has 5 aromatic rings. The topological polar surface area (TPSA) is 3.88 Å². The van der Waals surface area contributed by atoms with Crippen LogP contribution in [-0.2, 0) is 7.05 Å². The average molecular weight is 346 g/mol. The molecule has 1 nitrogen and oxygen atoms in total. The first kappa shape index (κ1) is 14.1. The molecule has 2 aromatic carbocycles. The van der Waals surface area contributed by atoms with Gasteiger partial charge < -0.3 is 0 Å². The van der Waals surface area contributed by atoms with E-state index in [0.717, 1.165) is 0 Å². The van der Waals surface area contributed by atoms with Gasteiger partial charge in [-0.2, -0.15) is 4.57 Å². The summed E-state index contributed by atoms with van der Waals surface area (Å²) in [6, 6.07) is 19.9. The highest BCUT2D eigenvalue weighted by atomic mass is 32.2. The van der Waals surface area contributed by atoms with E-state index < -0.39 is 0 Å². The molecule has 0 saturated carbocycles. The highest BCUT2D eigenvalue weighted by Crippen LogP contribution is 2.37. The van der Waals surface area contributed by atoms with Crippen molar-refractivity contribution in [3.63, 3.8) is 0 Å². The third-order valence-corrected chi connectivity index (χ3v) is 7.23. The number of fused-ring (bicyclic) bond motifs is 4. The van der Waals surface area contributed by atoms with Gasteiger partial charge in [-0.25, -0.2) is 0 Å². The number of nitrogens with zero attached hydrogens (tertiary/aromatic N) is 1. The lowest BCUT2D eigenvalue weighted by Crippen LogP contribution is -2.31. The van der Waals surface area contributed by atoms with Gasteiger partial charge in [-0.15, -0.1) is 11.3 Å². The molecule has 3 heterocycles. The highest BCUT2D eigenvalue weighted by molar-refractivity contribution is 7.40. The van der Waals surface area contributed by atoms with Crippen molar-refractivity contribution in [3.05, 3.63) is 65.5 Å². The van der Waals surface area contributed by atoms with E-state index in [4.69, 9.17) is 0 Å². The van der Waals surface area contributed by atoms with Crippen LogP contribution in [0.2, 0.25) is 0 Å². The van der Waals surface area contributed by atoms with E-state index in [1.54, 1.807) is 0 Å². The second kappa shape index (κ2) is 5.13. The lowest BCUT2D eigenvalue weighted by atomic mass is 9.97. The van der Waals surface area contributed by atoms with Gasteiger partial charge in [0.15, 0.2) is 0 Å². The largest absolute Gasteiger partial charge is 0.271 e. The monoisotopic (exact) mass is 346 g/mol. The van der Waals surface area contributed by atoms with Gasteiger partial charge in [0.05, 0.1) is 9.40 Å². The molecule has 0 aliphatic rings. The smallest absolute Gasteiger partial charge is 0.185 e. The first-order valence-corrected chi connectivity index (χ1v) is 9.71. The summed E-state index contributed by atoms with van der Waals surface area (Å²) in [7, 11) is 2.19. The average Bonchev–Trinajstić information content (AvgIpc) is 3.18. The zero-order chi connectivity index (χ0) is 16.3. The van der Waals surface area contributed by atoms with Crippen molar-refractivity contribution in [2.75, 3.05) is 0 Å². The van der Waals surface area contributed by atoms with Crippen LogP contribution < -0.4 is 4.57 Å². The maximum Gasteiger partial charge on any atom is 0.271 e. The van der Waals surface area contributed by atoms with Crippen molar-refractivity contribution in [2.45, 2.75) is 6.92 Å². The van der Waals surface area contributed by atoms with Crippen LogP contribution in [0.15, 0.2) is 60.0 Å². The maximum absolute atomic E-state index is 2.35. The fraction of sp³-hybridized carbons (Fsp3) is 0.0952. The minimum absolute atomic E-state index is 1.28. The molecule has 0 spiro atoms. The van der Waals surface area contributed by atoms with Crippen LogP contribution >= 0.6 is 22.7 Å². The van der Waals surface area contributed by atoms with Gasteiger partial charge in [-0.05, 0) is 46.8 Å². The Morgan fingerprint density at radius 3 is 2.62 bits per heavy atom. The zero-order valence-electron chi connectivity index (χ0n) is 13.5. The van der Waals surface area contributed by atoms with Crippen LogP contribution in [0.5, 0.6) is 0 Å². The molecular weight excluding hydrogens is 330 g/mol. The number of hydrogen-bond donors (Lipinski definition) is 0. The van der Waals surface area contributed by atoms with Gasteiger partial charge in [0.2, 0.25) is 5.69 Å². The molecule has 0 unspecified atom stereocenters. The van der Waals surface area contributed by atoms with Crippen molar-refractivity contribution >= 4 is 53.1 Å². The van der Waals surface area contributed by atoms with Crippen LogP contribution in [0, 0.1) is 6.92 Å². The Hall–Kier alpha value is -2.23. The Labute approximate surface area is 148 Å². The van der Waals surface area contributed by atoms with E-state index in [1.807, 2.05) is 22.7 Å². The summed E-state index contributed by atoms with van der Waals surface area (Å²) in [4.78, 5) is 1.35. The first-order valence-electron chi connectivity index (χ1n) is 8.01. The molecule has 0 bridgehead atoms. The van der Waals surface area contributed by atoms with Gasteiger partial charge in [0, 0.05) is 17.0 Å². The number of thiophene rings is 2. The third-order valence-electron chi connectivity index (χ3n) is 4.89. The summed E-state index contributed by atoms with van der Waals surface area (Å²) in [5.41, 5.74) is 3.94. The predicted molar refractivity (Wildman–Crippen MR) is 106 cm³/mol. The first-order chi connectivity index (χ1) is 11.7. The van der Waals surface area contributed by atoms with E-state index in [2.05, 4.69) is 78.5 Å². The molecule has 0 atom stereocenters. The molecule has 0 radical (unpaired) electrons. The summed E-state index contributed by atoms with van der Waals surface area (Å²) >= 11 is 3.73. The van der Waals surface area contributed by atoms with Crippen LogP contribution in [0.25, 0.3) is 41.6 Å². The number of aromatic nitrogens is 1. The number of pyridine rings is 1. The molecule has 0 aliphatic carbocycles. The quantitative estimate of drug-likeness (QED) is 0.324. The minimum atomic E-state index is 1.28. The summed E-state index contributed by atoms with van der Waals surface area (Å²) < 4.78 is 3.76. The molecule has 116 valence electrons. The standard InChI is InChI=1S/C21H16NS2/c1-13-15-6-4-3-5-14(15)7-8-16(13)19-10-9-17-18-11-12-23-21(18)24-20(17)22(19)2/h3-12H,1-2H3/q+1. The van der Waals surface area contributed by atoms with E-state index >= 15 is 0 Å². The normalized spacial score (nSPS) is 11.8. The summed E-state index contributed by atoms with van der Waals surface area (Å²) in [5.74, 6) is 0. The molecule has 0 saturated heterocycles. The molecule has 0 amide bonds. The van der Waals surface area contributed by atoms with Crippen molar-refractivity contribution in [1.82, 2.24) is 0 Å². The summed E-state index contributed by atoms with van der Waals surface area (Å²) in [6.45, 7) is 2.23. The summed E-state index contributed by atoms with van der Waals surface area (Å²) in [6.07, 6.45) is 0. The second-order valence-corrected chi connectivity index (χ2v) is 8.35. The maximum atomic E-state index is 2.35. The fourth-order valence-corrected chi connectivity index (χ4v) is 5.82. The summed E-state index contributed by atoms with van der Waals surface area (Å²) in [5, 5.41) is 7.57. The van der Waals surface area contributed by atoms with Crippen molar-refractivity contribution in [1.29, 1.82) is 0 Å². The lowest BCUT2D eigenvalue weighted by Gasteiger charge is -2.08. The highest BCUT2D eigenvalue weighted by Gasteiger charge is 2.20. The number of benzene rings is 2. The number of aryl methyl sites for hydroxylation is 2.